The van der Waals surface area contributed by atoms with Crippen LogP contribution in [0.1, 0.15) is 5.56 Å². The van der Waals surface area contributed by atoms with Crippen LogP contribution in [0.25, 0.3) is 10.9 Å². The standard InChI is InChI=1S/C11H11ClN2/c1-7-5-8-3-4-11(13-2)14-10(8)6-9(7)12/h3-6H,1-2H3,(H,13,14). The maximum absolute atomic E-state index is 6.02. The lowest BCUT2D eigenvalue weighted by molar-refractivity contribution is 1.34. The molecule has 0 saturated carbocycles. The summed E-state index contributed by atoms with van der Waals surface area (Å²) in [5.41, 5.74) is 2.01. The largest absolute Gasteiger partial charge is 0.373 e. The molecule has 0 fully saturated rings. The van der Waals surface area contributed by atoms with Crippen molar-refractivity contribution in [2.24, 2.45) is 0 Å². The lowest BCUT2D eigenvalue weighted by atomic mass is 10.1. The van der Waals surface area contributed by atoms with E-state index in [2.05, 4.69) is 10.3 Å². The Morgan fingerprint density at radius 1 is 1.29 bits per heavy atom. The molecule has 0 aliphatic carbocycles. The number of aromatic nitrogens is 1. The van der Waals surface area contributed by atoms with Crippen molar-refractivity contribution in [1.82, 2.24) is 4.98 Å². The summed E-state index contributed by atoms with van der Waals surface area (Å²) in [7, 11) is 1.85. The van der Waals surface area contributed by atoms with Gasteiger partial charge in [-0.1, -0.05) is 11.6 Å². The van der Waals surface area contributed by atoms with E-state index >= 15 is 0 Å². The van der Waals surface area contributed by atoms with Gasteiger partial charge in [0.25, 0.3) is 0 Å². The predicted molar refractivity (Wildman–Crippen MR) is 61.0 cm³/mol. The van der Waals surface area contributed by atoms with Crippen LogP contribution >= 0.6 is 11.6 Å². The van der Waals surface area contributed by atoms with E-state index in [1.807, 2.05) is 38.2 Å². The molecule has 72 valence electrons. The molecule has 0 atom stereocenters. The van der Waals surface area contributed by atoms with E-state index in [1.54, 1.807) is 0 Å². The predicted octanol–water partition coefficient (Wildman–Crippen LogP) is 3.24. The summed E-state index contributed by atoms with van der Waals surface area (Å²) in [5, 5.41) is 4.88. The number of halogens is 1. The zero-order valence-corrected chi connectivity index (χ0v) is 8.89. The van der Waals surface area contributed by atoms with E-state index in [4.69, 9.17) is 11.6 Å². The molecule has 1 aromatic heterocycles. The van der Waals surface area contributed by atoms with Crippen LogP contribution in [0, 0.1) is 6.92 Å². The van der Waals surface area contributed by atoms with Gasteiger partial charge in [0, 0.05) is 17.5 Å². The molecule has 2 rings (SSSR count). The number of anilines is 1. The molecule has 0 aliphatic rings. The van der Waals surface area contributed by atoms with Gasteiger partial charge in [0.05, 0.1) is 5.52 Å². The quantitative estimate of drug-likeness (QED) is 0.775. The lowest BCUT2D eigenvalue weighted by Gasteiger charge is -2.04. The molecule has 14 heavy (non-hydrogen) atoms. The van der Waals surface area contributed by atoms with Crippen LogP contribution in [-0.4, -0.2) is 12.0 Å². The van der Waals surface area contributed by atoms with Gasteiger partial charge in [-0.3, -0.25) is 0 Å². The highest BCUT2D eigenvalue weighted by atomic mass is 35.5. The van der Waals surface area contributed by atoms with Gasteiger partial charge in [0.1, 0.15) is 5.82 Å². The van der Waals surface area contributed by atoms with E-state index in [1.165, 1.54) is 0 Å². The van der Waals surface area contributed by atoms with Crippen LogP contribution in [0.3, 0.4) is 0 Å². The first kappa shape index (κ1) is 9.28. The zero-order valence-electron chi connectivity index (χ0n) is 8.13. The molecule has 0 amide bonds. The van der Waals surface area contributed by atoms with Crippen molar-refractivity contribution >= 4 is 28.3 Å². The van der Waals surface area contributed by atoms with Gasteiger partial charge in [0.15, 0.2) is 0 Å². The summed E-state index contributed by atoms with van der Waals surface area (Å²) in [5.74, 6) is 0.859. The Morgan fingerprint density at radius 2 is 2.07 bits per heavy atom. The SMILES string of the molecule is CNc1ccc2cc(C)c(Cl)cc2n1. The molecule has 0 spiro atoms. The van der Waals surface area contributed by atoms with Gasteiger partial charge in [0.2, 0.25) is 0 Å². The van der Waals surface area contributed by atoms with Gasteiger partial charge in [-0.15, -0.1) is 0 Å². The Bertz CT molecular complexity index is 480. The maximum atomic E-state index is 6.02. The number of rotatable bonds is 1. The molecule has 2 nitrogen and oxygen atoms in total. The molecule has 0 radical (unpaired) electrons. The smallest absolute Gasteiger partial charge is 0.126 e. The third kappa shape index (κ3) is 1.53. The van der Waals surface area contributed by atoms with Crippen LogP contribution in [0.15, 0.2) is 24.3 Å². The van der Waals surface area contributed by atoms with Crippen LogP contribution in [0.5, 0.6) is 0 Å². The molecule has 0 aliphatic heterocycles. The van der Waals surface area contributed by atoms with Crippen LogP contribution in [-0.2, 0) is 0 Å². The molecule has 0 bridgehead atoms. The van der Waals surface area contributed by atoms with Gasteiger partial charge in [-0.05, 0) is 36.8 Å². The Balaban J connectivity index is 2.70. The first-order chi connectivity index (χ1) is 6.70. The normalized spacial score (nSPS) is 10.5. The van der Waals surface area contributed by atoms with Crippen molar-refractivity contribution in [2.45, 2.75) is 6.92 Å². The first-order valence-corrected chi connectivity index (χ1v) is 4.83. The number of fused-ring (bicyclic) bond motifs is 1. The lowest BCUT2D eigenvalue weighted by Crippen LogP contribution is -1.92. The van der Waals surface area contributed by atoms with E-state index in [0.29, 0.717) is 0 Å². The fourth-order valence-corrected chi connectivity index (χ4v) is 1.56. The van der Waals surface area contributed by atoms with E-state index in [9.17, 15) is 0 Å². The van der Waals surface area contributed by atoms with Crippen LogP contribution in [0.2, 0.25) is 5.02 Å². The molecular weight excluding hydrogens is 196 g/mol. The second-order valence-corrected chi connectivity index (χ2v) is 3.65. The summed E-state index contributed by atoms with van der Waals surface area (Å²) in [4.78, 5) is 4.40. The summed E-state index contributed by atoms with van der Waals surface area (Å²) in [6.07, 6.45) is 0. The number of benzene rings is 1. The minimum Gasteiger partial charge on any atom is -0.373 e. The van der Waals surface area contributed by atoms with Crippen molar-refractivity contribution in [3.05, 3.63) is 34.9 Å². The van der Waals surface area contributed by atoms with E-state index in [0.717, 1.165) is 27.3 Å². The van der Waals surface area contributed by atoms with E-state index in [-0.39, 0.29) is 0 Å². The molecule has 1 N–H and O–H groups in total. The Morgan fingerprint density at radius 3 is 2.79 bits per heavy atom. The average molecular weight is 207 g/mol. The van der Waals surface area contributed by atoms with Crippen LogP contribution < -0.4 is 5.32 Å². The van der Waals surface area contributed by atoms with E-state index < -0.39 is 0 Å². The zero-order chi connectivity index (χ0) is 10.1. The molecule has 3 heteroatoms. The summed E-state index contributed by atoms with van der Waals surface area (Å²) < 4.78 is 0. The molecule has 2 aromatic rings. The fraction of sp³-hybridized carbons (Fsp3) is 0.182. The fourth-order valence-electron chi connectivity index (χ4n) is 1.40. The van der Waals surface area contributed by atoms with Crippen molar-refractivity contribution in [3.8, 4) is 0 Å². The molecule has 1 heterocycles. The van der Waals surface area contributed by atoms with Crippen molar-refractivity contribution in [3.63, 3.8) is 0 Å². The third-order valence-corrected chi connectivity index (χ3v) is 2.63. The Hall–Kier alpha value is -1.28. The van der Waals surface area contributed by atoms with Crippen LogP contribution in [0.4, 0.5) is 5.82 Å². The summed E-state index contributed by atoms with van der Waals surface area (Å²) >= 11 is 6.02. The Labute approximate surface area is 87.9 Å². The summed E-state index contributed by atoms with van der Waals surface area (Å²) in [6.45, 7) is 1.99. The summed E-state index contributed by atoms with van der Waals surface area (Å²) in [6, 6.07) is 7.93. The molecule has 0 saturated heterocycles. The van der Waals surface area contributed by atoms with Gasteiger partial charge in [-0.25, -0.2) is 4.98 Å². The molecule has 1 aromatic carbocycles. The van der Waals surface area contributed by atoms with Crippen molar-refractivity contribution in [2.75, 3.05) is 12.4 Å². The number of aryl methyl sites for hydroxylation is 1. The molecule has 0 unspecified atom stereocenters. The first-order valence-electron chi connectivity index (χ1n) is 4.45. The third-order valence-electron chi connectivity index (χ3n) is 2.23. The van der Waals surface area contributed by atoms with Gasteiger partial charge >= 0.3 is 0 Å². The number of hydrogen-bond acceptors (Lipinski definition) is 2. The highest BCUT2D eigenvalue weighted by Crippen LogP contribution is 2.23. The monoisotopic (exact) mass is 206 g/mol. The number of pyridine rings is 1. The average Bonchev–Trinajstić information content (AvgIpc) is 2.19. The highest BCUT2D eigenvalue weighted by molar-refractivity contribution is 6.32. The minimum atomic E-state index is 0.762. The topological polar surface area (TPSA) is 24.9 Å². The van der Waals surface area contributed by atoms with Gasteiger partial charge < -0.3 is 5.32 Å². The minimum absolute atomic E-state index is 0.762. The number of nitrogens with one attached hydrogen (secondary N) is 1. The van der Waals surface area contributed by atoms with Crippen molar-refractivity contribution < 1.29 is 0 Å². The maximum Gasteiger partial charge on any atom is 0.126 e. The highest BCUT2D eigenvalue weighted by Gasteiger charge is 2.00. The second kappa shape index (κ2) is 3.46. The van der Waals surface area contributed by atoms with Crippen molar-refractivity contribution in [1.29, 1.82) is 0 Å². The Kier molecular flexibility index (Phi) is 2.30. The van der Waals surface area contributed by atoms with Gasteiger partial charge in [-0.2, -0.15) is 0 Å². The molecular formula is C11H11ClN2. The second-order valence-electron chi connectivity index (χ2n) is 3.24. The number of hydrogen-bond donors (Lipinski definition) is 1. The number of nitrogens with zero attached hydrogens (tertiary/aromatic N) is 1.